The van der Waals surface area contributed by atoms with Crippen LogP contribution in [0.1, 0.15) is 10.4 Å². The van der Waals surface area contributed by atoms with Crippen molar-refractivity contribution in [3.63, 3.8) is 0 Å². The molecule has 0 saturated carbocycles. The summed E-state index contributed by atoms with van der Waals surface area (Å²) in [5, 5.41) is 5.02. The second-order valence-corrected chi connectivity index (χ2v) is 4.86. The van der Waals surface area contributed by atoms with E-state index in [2.05, 4.69) is 5.32 Å². The summed E-state index contributed by atoms with van der Waals surface area (Å²) >= 11 is 1.56. The average molecular weight is 270 g/mol. The zero-order valence-corrected chi connectivity index (χ0v) is 10.3. The van der Waals surface area contributed by atoms with E-state index < -0.39 is 24.9 Å². The molecule has 18 heavy (non-hydrogen) atoms. The highest BCUT2D eigenvalue weighted by Crippen LogP contribution is 2.21. The molecule has 6 heteroatoms. The Morgan fingerprint density at radius 2 is 2.17 bits per heavy atom. The Kier molecular flexibility index (Phi) is 3.58. The highest BCUT2D eigenvalue weighted by Gasteiger charge is 2.27. The first-order valence-electron chi connectivity index (χ1n) is 5.35. The number of hydrogen-bond acceptors (Lipinski definition) is 3. The van der Waals surface area contributed by atoms with Crippen molar-refractivity contribution < 1.29 is 13.6 Å². The van der Waals surface area contributed by atoms with Crippen LogP contribution in [0.2, 0.25) is 0 Å². The molecule has 0 fully saturated rings. The molecule has 0 aliphatic carbocycles. The van der Waals surface area contributed by atoms with E-state index in [9.17, 15) is 13.6 Å². The van der Waals surface area contributed by atoms with Crippen LogP contribution in [0.25, 0.3) is 10.1 Å². The van der Waals surface area contributed by atoms with Crippen molar-refractivity contribution in [1.82, 2.24) is 5.32 Å². The summed E-state index contributed by atoms with van der Waals surface area (Å²) in [5.74, 6) is -3.58. The molecule has 0 unspecified atom stereocenters. The fourth-order valence-corrected chi connectivity index (χ4v) is 2.26. The van der Waals surface area contributed by atoms with Gasteiger partial charge in [0.2, 0.25) is 0 Å². The van der Waals surface area contributed by atoms with E-state index in [-0.39, 0.29) is 0 Å². The first kappa shape index (κ1) is 12.9. The molecule has 96 valence electrons. The number of fused-ring (bicyclic) bond motifs is 1. The summed E-state index contributed by atoms with van der Waals surface area (Å²) in [7, 11) is 0. The summed E-state index contributed by atoms with van der Waals surface area (Å²) in [6, 6.07) is 6.98. The predicted molar refractivity (Wildman–Crippen MR) is 68.2 cm³/mol. The zero-order valence-electron chi connectivity index (χ0n) is 9.45. The Balaban J connectivity index is 2.08. The van der Waals surface area contributed by atoms with Gasteiger partial charge in [-0.2, -0.15) is 0 Å². The molecule has 2 aromatic rings. The maximum atomic E-state index is 12.9. The topological polar surface area (TPSA) is 55.1 Å². The lowest BCUT2D eigenvalue weighted by Gasteiger charge is -2.14. The minimum atomic E-state index is -3.07. The lowest BCUT2D eigenvalue weighted by molar-refractivity contribution is 0.0118. The van der Waals surface area contributed by atoms with Crippen LogP contribution in [0.15, 0.2) is 29.6 Å². The minimum absolute atomic E-state index is 0.369. The fourth-order valence-electron chi connectivity index (χ4n) is 1.49. The summed E-state index contributed by atoms with van der Waals surface area (Å²) in [6.45, 7) is -1.53. The van der Waals surface area contributed by atoms with Crippen LogP contribution in [0, 0.1) is 0 Å². The number of carbonyl (C=O) groups is 1. The largest absolute Gasteiger partial charge is 0.346 e. The van der Waals surface area contributed by atoms with Gasteiger partial charge in [-0.3, -0.25) is 4.79 Å². The summed E-state index contributed by atoms with van der Waals surface area (Å²) < 4.78 is 26.8. The number of rotatable bonds is 4. The lowest BCUT2D eigenvalue weighted by atomic mass is 10.1. The van der Waals surface area contributed by atoms with Gasteiger partial charge in [-0.25, -0.2) is 8.78 Å². The molecular formula is C12H12F2N2OS. The molecular weight excluding hydrogens is 258 g/mol. The Morgan fingerprint density at radius 1 is 1.39 bits per heavy atom. The Morgan fingerprint density at radius 3 is 2.89 bits per heavy atom. The Labute approximate surface area is 107 Å². The van der Waals surface area contributed by atoms with Crippen molar-refractivity contribution in [1.29, 1.82) is 0 Å². The second-order valence-electron chi connectivity index (χ2n) is 3.92. The van der Waals surface area contributed by atoms with Gasteiger partial charge in [0.15, 0.2) is 0 Å². The summed E-state index contributed by atoms with van der Waals surface area (Å²) in [6.07, 6.45) is 0. The predicted octanol–water partition coefficient (Wildman–Crippen LogP) is 2.23. The average Bonchev–Trinajstić information content (AvgIpc) is 2.83. The van der Waals surface area contributed by atoms with Gasteiger partial charge in [0, 0.05) is 10.3 Å². The van der Waals surface area contributed by atoms with Crippen LogP contribution in [0.4, 0.5) is 8.78 Å². The molecule has 1 heterocycles. The molecule has 0 radical (unpaired) electrons. The fraction of sp³-hybridized carbons (Fsp3) is 0.250. The monoisotopic (exact) mass is 270 g/mol. The third kappa shape index (κ3) is 2.83. The quantitative estimate of drug-likeness (QED) is 0.895. The van der Waals surface area contributed by atoms with Gasteiger partial charge < -0.3 is 11.1 Å². The number of hydrogen-bond donors (Lipinski definition) is 2. The Bertz CT molecular complexity index is 568. The summed E-state index contributed by atoms with van der Waals surface area (Å²) in [5.41, 5.74) is 5.26. The standard InChI is InChI=1S/C12H12F2N2OS/c13-12(14,6-15)7-16-11(17)9-1-2-10-8(5-9)3-4-18-10/h1-5H,6-7,15H2,(H,16,17). The molecule has 3 nitrogen and oxygen atoms in total. The van der Waals surface area contributed by atoms with Gasteiger partial charge in [-0.1, -0.05) is 0 Å². The van der Waals surface area contributed by atoms with E-state index in [1.165, 1.54) is 0 Å². The van der Waals surface area contributed by atoms with Crippen LogP contribution in [-0.4, -0.2) is 24.9 Å². The summed E-state index contributed by atoms with van der Waals surface area (Å²) in [4.78, 5) is 11.7. The molecule has 2 rings (SSSR count). The minimum Gasteiger partial charge on any atom is -0.346 e. The molecule has 0 spiro atoms. The molecule has 1 amide bonds. The molecule has 0 aliphatic rings. The van der Waals surface area contributed by atoms with Gasteiger partial charge in [0.25, 0.3) is 11.8 Å². The van der Waals surface area contributed by atoms with E-state index in [4.69, 9.17) is 5.73 Å². The molecule has 1 aromatic carbocycles. The highest BCUT2D eigenvalue weighted by atomic mass is 32.1. The van der Waals surface area contributed by atoms with Crippen molar-refractivity contribution in [3.8, 4) is 0 Å². The van der Waals surface area contributed by atoms with Gasteiger partial charge >= 0.3 is 0 Å². The lowest BCUT2D eigenvalue weighted by Crippen LogP contribution is -2.41. The third-order valence-electron chi connectivity index (χ3n) is 2.52. The first-order chi connectivity index (χ1) is 8.52. The number of carbonyl (C=O) groups excluding carboxylic acids is 1. The SMILES string of the molecule is NCC(F)(F)CNC(=O)c1ccc2sccc2c1. The van der Waals surface area contributed by atoms with Crippen molar-refractivity contribution in [2.24, 2.45) is 5.73 Å². The molecule has 0 atom stereocenters. The number of benzene rings is 1. The second kappa shape index (κ2) is 4.99. The molecule has 3 N–H and O–H groups in total. The van der Waals surface area contributed by atoms with Gasteiger partial charge in [-0.05, 0) is 35.0 Å². The molecule has 1 aromatic heterocycles. The molecule has 0 saturated heterocycles. The van der Waals surface area contributed by atoms with E-state index in [0.29, 0.717) is 5.56 Å². The van der Waals surface area contributed by atoms with Gasteiger partial charge in [0.1, 0.15) is 0 Å². The maximum absolute atomic E-state index is 12.9. The highest BCUT2D eigenvalue weighted by molar-refractivity contribution is 7.17. The van der Waals surface area contributed by atoms with E-state index in [1.807, 2.05) is 11.4 Å². The number of thiophene rings is 1. The number of amides is 1. The zero-order chi connectivity index (χ0) is 13.2. The number of nitrogens with one attached hydrogen (secondary N) is 1. The van der Waals surface area contributed by atoms with Crippen LogP contribution in [0.5, 0.6) is 0 Å². The number of alkyl halides is 2. The Hall–Kier alpha value is -1.53. The molecule has 0 aliphatic heterocycles. The van der Waals surface area contributed by atoms with Crippen molar-refractivity contribution >= 4 is 27.3 Å². The first-order valence-corrected chi connectivity index (χ1v) is 6.23. The van der Waals surface area contributed by atoms with Crippen molar-refractivity contribution in [3.05, 3.63) is 35.2 Å². The normalized spacial score (nSPS) is 11.7. The van der Waals surface area contributed by atoms with E-state index in [1.54, 1.807) is 29.5 Å². The van der Waals surface area contributed by atoms with Crippen LogP contribution >= 0.6 is 11.3 Å². The maximum Gasteiger partial charge on any atom is 0.277 e. The van der Waals surface area contributed by atoms with Crippen molar-refractivity contribution in [2.45, 2.75) is 5.92 Å². The van der Waals surface area contributed by atoms with E-state index in [0.717, 1.165) is 10.1 Å². The van der Waals surface area contributed by atoms with E-state index >= 15 is 0 Å². The smallest absolute Gasteiger partial charge is 0.277 e. The van der Waals surface area contributed by atoms with Gasteiger partial charge in [-0.15, -0.1) is 11.3 Å². The molecule has 0 bridgehead atoms. The number of nitrogens with two attached hydrogens (primary N) is 1. The third-order valence-corrected chi connectivity index (χ3v) is 3.42. The number of halogens is 2. The van der Waals surface area contributed by atoms with Crippen LogP contribution < -0.4 is 11.1 Å². The van der Waals surface area contributed by atoms with Crippen LogP contribution in [-0.2, 0) is 0 Å². The van der Waals surface area contributed by atoms with Crippen LogP contribution in [0.3, 0.4) is 0 Å². The van der Waals surface area contributed by atoms with Gasteiger partial charge in [0.05, 0.1) is 13.1 Å². The van der Waals surface area contributed by atoms with Crippen molar-refractivity contribution in [2.75, 3.05) is 13.1 Å².